The fourth-order valence-electron chi connectivity index (χ4n) is 5.59. The first kappa shape index (κ1) is 15.1. The van der Waals surface area contributed by atoms with Crippen molar-refractivity contribution < 1.29 is 14.5 Å². The first-order valence-corrected chi connectivity index (χ1v) is 9.40. The van der Waals surface area contributed by atoms with Crippen LogP contribution in [0.25, 0.3) is 6.08 Å². The van der Waals surface area contributed by atoms with Crippen molar-refractivity contribution in [1.82, 2.24) is 0 Å². The Bertz CT molecular complexity index is 598. The average Bonchev–Trinajstić information content (AvgIpc) is 2.60. The Hall–Kier alpha value is -1.16. The van der Waals surface area contributed by atoms with Crippen molar-refractivity contribution in [3.63, 3.8) is 0 Å². The van der Waals surface area contributed by atoms with E-state index < -0.39 is 11.4 Å². The average molecular weight is 326 g/mol. The summed E-state index contributed by atoms with van der Waals surface area (Å²) < 4.78 is 6.45. The quantitative estimate of drug-likeness (QED) is 0.744. The Morgan fingerprint density at radius 2 is 1.58 bits per heavy atom. The van der Waals surface area contributed by atoms with Gasteiger partial charge in [0, 0.05) is 11.8 Å². The SMILES string of the molecule is CC1(C=Cc2ccccc2)COC2(OO1)C1CC3CC(C1)CC2C3. The van der Waals surface area contributed by atoms with E-state index in [-0.39, 0.29) is 0 Å². The fourth-order valence-corrected chi connectivity index (χ4v) is 5.59. The van der Waals surface area contributed by atoms with Crippen LogP contribution in [0.1, 0.15) is 44.6 Å². The highest BCUT2D eigenvalue weighted by Gasteiger charge is 2.62. The van der Waals surface area contributed by atoms with Crippen molar-refractivity contribution in [1.29, 1.82) is 0 Å². The highest BCUT2D eigenvalue weighted by Crippen LogP contribution is 2.61. The zero-order valence-electron chi connectivity index (χ0n) is 14.3. The summed E-state index contributed by atoms with van der Waals surface area (Å²) in [6, 6.07) is 10.3. The predicted molar refractivity (Wildman–Crippen MR) is 91.8 cm³/mol. The van der Waals surface area contributed by atoms with Crippen LogP contribution in [-0.2, 0) is 14.5 Å². The smallest absolute Gasteiger partial charge is 0.207 e. The van der Waals surface area contributed by atoms with E-state index in [0.717, 1.165) is 17.4 Å². The van der Waals surface area contributed by atoms with E-state index in [9.17, 15) is 0 Å². The van der Waals surface area contributed by atoms with Gasteiger partial charge in [0.25, 0.3) is 0 Å². The third kappa shape index (κ3) is 2.37. The summed E-state index contributed by atoms with van der Waals surface area (Å²) in [7, 11) is 0. The maximum atomic E-state index is 6.45. The molecule has 4 bridgehead atoms. The first-order valence-electron chi connectivity index (χ1n) is 9.40. The summed E-state index contributed by atoms with van der Waals surface area (Å²) in [4.78, 5) is 12.0. The van der Waals surface area contributed by atoms with Crippen LogP contribution in [0, 0.1) is 23.7 Å². The molecule has 0 N–H and O–H groups in total. The molecule has 1 atom stereocenters. The first-order chi connectivity index (χ1) is 11.7. The van der Waals surface area contributed by atoms with Gasteiger partial charge in [0.1, 0.15) is 5.60 Å². The molecular formula is C21H26O3. The fraction of sp³-hybridized carbons (Fsp3) is 0.619. The van der Waals surface area contributed by atoms with Crippen LogP contribution in [0.5, 0.6) is 0 Å². The predicted octanol–water partition coefficient (Wildman–Crippen LogP) is 4.59. The Labute approximate surface area is 143 Å². The van der Waals surface area contributed by atoms with Crippen LogP contribution in [0.15, 0.2) is 36.4 Å². The monoisotopic (exact) mass is 326 g/mol. The molecule has 5 aliphatic rings. The van der Waals surface area contributed by atoms with E-state index in [0.29, 0.717) is 18.4 Å². The molecule has 3 heteroatoms. The summed E-state index contributed by atoms with van der Waals surface area (Å²) in [5, 5.41) is 0. The number of hydrogen-bond donors (Lipinski definition) is 0. The molecule has 1 spiro atoms. The van der Waals surface area contributed by atoms with Gasteiger partial charge in [0.05, 0.1) is 6.61 Å². The molecule has 0 aromatic heterocycles. The van der Waals surface area contributed by atoms with E-state index in [1.54, 1.807) is 0 Å². The zero-order valence-corrected chi connectivity index (χ0v) is 14.3. The highest BCUT2D eigenvalue weighted by molar-refractivity contribution is 5.50. The molecular weight excluding hydrogens is 300 g/mol. The summed E-state index contributed by atoms with van der Waals surface area (Å²) in [6.07, 6.45) is 10.6. The van der Waals surface area contributed by atoms with Gasteiger partial charge in [-0.15, -0.1) is 0 Å². The minimum atomic E-state index is -0.518. The van der Waals surface area contributed by atoms with Gasteiger partial charge >= 0.3 is 0 Å². The van der Waals surface area contributed by atoms with Crippen molar-refractivity contribution in [2.24, 2.45) is 23.7 Å². The van der Waals surface area contributed by atoms with E-state index in [1.807, 2.05) is 25.1 Å². The van der Waals surface area contributed by atoms with Gasteiger partial charge < -0.3 is 4.74 Å². The lowest BCUT2D eigenvalue weighted by Gasteiger charge is -2.61. The largest absolute Gasteiger partial charge is 0.343 e. The van der Waals surface area contributed by atoms with Gasteiger partial charge in [-0.05, 0) is 62.5 Å². The third-order valence-corrected chi connectivity index (χ3v) is 6.65. The second kappa shape index (κ2) is 5.42. The van der Waals surface area contributed by atoms with Crippen LogP contribution in [-0.4, -0.2) is 18.0 Å². The maximum Gasteiger partial charge on any atom is 0.207 e. The van der Waals surface area contributed by atoms with E-state index in [2.05, 4.69) is 24.3 Å². The summed E-state index contributed by atoms with van der Waals surface area (Å²) in [5.41, 5.74) is 0.646. The molecule has 1 aromatic rings. The summed E-state index contributed by atoms with van der Waals surface area (Å²) in [6.45, 7) is 2.61. The van der Waals surface area contributed by atoms with Crippen molar-refractivity contribution >= 4 is 6.08 Å². The van der Waals surface area contributed by atoms with Crippen LogP contribution in [0.2, 0.25) is 0 Å². The lowest BCUT2D eigenvalue weighted by Crippen LogP contribution is -2.64. The lowest BCUT2D eigenvalue weighted by atomic mass is 9.53. The van der Waals surface area contributed by atoms with E-state index in [4.69, 9.17) is 14.5 Å². The second-order valence-electron chi connectivity index (χ2n) is 8.54. The number of benzene rings is 1. The van der Waals surface area contributed by atoms with Gasteiger partial charge in [-0.1, -0.05) is 36.4 Å². The lowest BCUT2D eigenvalue weighted by molar-refractivity contribution is -0.536. The molecule has 1 unspecified atom stereocenters. The molecule has 1 aromatic carbocycles. The standard InChI is InChI=1S/C21H26O3/c1-20(8-7-15-5-3-2-4-6-15)14-22-21(24-23-20)18-10-16-9-17(12-18)13-19(21)11-16/h2-8,16-19H,9-14H2,1H3. The summed E-state index contributed by atoms with van der Waals surface area (Å²) in [5.74, 6) is 2.38. The molecule has 0 radical (unpaired) electrons. The number of hydrogen-bond acceptors (Lipinski definition) is 3. The van der Waals surface area contributed by atoms with Crippen LogP contribution >= 0.6 is 0 Å². The molecule has 4 aliphatic carbocycles. The highest BCUT2D eigenvalue weighted by atomic mass is 17.2. The normalized spacial score (nSPS) is 46.9. The Morgan fingerprint density at radius 1 is 0.917 bits per heavy atom. The number of ether oxygens (including phenoxy) is 1. The summed E-state index contributed by atoms with van der Waals surface area (Å²) >= 11 is 0. The second-order valence-corrected chi connectivity index (χ2v) is 8.54. The Balaban J connectivity index is 1.31. The van der Waals surface area contributed by atoms with E-state index >= 15 is 0 Å². The van der Waals surface area contributed by atoms with Gasteiger partial charge in [0.2, 0.25) is 5.79 Å². The minimum absolute atomic E-state index is 0.465. The van der Waals surface area contributed by atoms with Crippen molar-refractivity contribution in [3.8, 4) is 0 Å². The molecule has 1 heterocycles. The van der Waals surface area contributed by atoms with E-state index in [1.165, 1.54) is 32.1 Å². The topological polar surface area (TPSA) is 27.7 Å². The molecule has 128 valence electrons. The zero-order chi connectivity index (χ0) is 16.2. The minimum Gasteiger partial charge on any atom is -0.343 e. The Morgan fingerprint density at radius 3 is 2.17 bits per heavy atom. The molecule has 3 nitrogen and oxygen atoms in total. The van der Waals surface area contributed by atoms with Crippen molar-refractivity contribution in [2.75, 3.05) is 6.61 Å². The van der Waals surface area contributed by atoms with Crippen LogP contribution < -0.4 is 0 Å². The molecule has 24 heavy (non-hydrogen) atoms. The molecule has 1 saturated heterocycles. The van der Waals surface area contributed by atoms with Gasteiger partial charge in [-0.3, -0.25) is 0 Å². The molecule has 0 amide bonds. The molecule has 4 saturated carbocycles. The van der Waals surface area contributed by atoms with Crippen molar-refractivity contribution in [2.45, 2.75) is 50.4 Å². The molecule has 6 rings (SSSR count). The van der Waals surface area contributed by atoms with Crippen LogP contribution in [0.4, 0.5) is 0 Å². The van der Waals surface area contributed by atoms with Crippen molar-refractivity contribution in [3.05, 3.63) is 42.0 Å². The van der Waals surface area contributed by atoms with Crippen LogP contribution in [0.3, 0.4) is 0 Å². The maximum absolute atomic E-state index is 6.45. The molecule has 5 fully saturated rings. The van der Waals surface area contributed by atoms with Gasteiger partial charge in [-0.2, -0.15) is 4.89 Å². The van der Waals surface area contributed by atoms with Gasteiger partial charge in [-0.25, -0.2) is 4.89 Å². The van der Waals surface area contributed by atoms with Gasteiger partial charge in [0.15, 0.2) is 0 Å². The third-order valence-electron chi connectivity index (χ3n) is 6.65. The molecule has 1 aliphatic heterocycles. The number of rotatable bonds is 2. The Kier molecular flexibility index (Phi) is 3.41.